The molecule has 0 amide bonds. The van der Waals surface area contributed by atoms with Crippen molar-refractivity contribution in [2.45, 2.75) is 52.8 Å². The summed E-state index contributed by atoms with van der Waals surface area (Å²) in [6.07, 6.45) is -6.60. The van der Waals surface area contributed by atoms with Crippen molar-refractivity contribution in [3.63, 3.8) is 0 Å². The molecule has 0 heterocycles. The SMILES string of the molecule is CC([SiH2]O[SiH3])C(C)(C)C(C)(C)/C(C(=O)O)=C(/CC(F)(F)F)C(=O)O. The summed E-state index contributed by atoms with van der Waals surface area (Å²) in [5.41, 5.74) is -3.94. The highest BCUT2D eigenvalue weighted by Gasteiger charge is 2.49. The molecule has 0 aromatic heterocycles. The molecule has 140 valence electrons. The molecule has 5 nitrogen and oxygen atoms in total. The van der Waals surface area contributed by atoms with E-state index in [2.05, 4.69) is 0 Å². The molecule has 0 aromatic rings. The topological polar surface area (TPSA) is 83.8 Å². The van der Waals surface area contributed by atoms with E-state index in [1.807, 2.05) is 6.92 Å². The molecule has 1 unspecified atom stereocenters. The Kier molecular flexibility index (Phi) is 7.46. The Labute approximate surface area is 144 Å². The van der Waals surface area contributed by atoms with Gasteiger partial charge in [0, 0.05) is 5.41 Å². The van der Waals surface area contributed by atoms with Gasteiger partial charge in [0.25, 0.3) is 0 Å². The summed E-state index contributed by atoms with van der Waals surface area (Å²) < 4.78 is 43.6. The van der Waals surface area contributed by atoms with Crippen LogP contribution in [0.2, 0.25) is 5.54 Å². The number of hydrogen-bond acceptors (Lipinski definition) is 3. The van der Waals surface area contributed by atoms with Crippen molar-refractivity contribution in [3.8, 4) is 0 Å². The number of carboxylic acid groups (broad SMARTS) is 2. The molecule has 0 rings (SSSR count). The van der Waals surface area contributed by atoms with Gasteiger partial charge in [-0.05, 0) is 11.0 Å². The Bertz CT molecular complexity index is 527. The molecule has 24 heavy (non-hydrogen) atoms. The second-order valence-corrected chi connectivity index (χ2v) is 10.8. The number of rotatable bonds is 8. The second kappa shape index (κ2) is 7.83. The van der Waals surface area contributed by atoms with Gasteiger partial charge in [-0.3, -0.25) is 0 Å². The maximum atomic E-state index is 12.8. The quantitative estimate of drug-likeness (QED) is 0.489. The first kappa shape index (κ1) is 22.9. The third-order valence-corrected chi connectivity index (χ3v) is 7.89. The van der Waals surface area contributed by atoms with Gasteiger partial charge in [0.2, 0.25) is 0 Å². The average Bonchev–Trinajstić information content (AvgIpc) is 2.35. The zero-order valence-corrected chi connectivity index (χ0v) is 18.2. The molecule has 2 N–H and O–H groups in total. The van der Waals surface area contributed by atoms with Crippen molar-refractivity contribution in [1.82, 2.24) is 0 Å². The average molecular weight is 387 g/mol. The largest absolute Gasteiger partial charge is 0.478 e. The molecule has 0 radical (unpaired) electrons. The number of carboxylic acids is 2. The summed E-state index contributed by atoms with van der Waals surface area (Å²) in [6.45, 7) is 8.29. The van der Waals surface area contributed by atoms with Gasteiger partial charge in [-0.1, -0.05) is 34.6 Å². The third-order valence-electron chi connectivity index (χ3n) is 5.04. The van der Waals surface area contributed by atoms with Crippen molar-refractivity contribution in [1.29, 1.82) is 0 Å². The fraction of sp³-hybridized carbons (Fsp3) is 0.714. The molecule has 0 spiro atoms. The number of alkyl halides is 3. The third kappa shape index (κ3) is 5.18. The molecule has 1 atom stereocenters. The zero-order valence-electron chi connectivity index (χ0n) is 14.7. The van der Waals surface area contributed by atoms with Crippen LogP contribution < -0.4 is 0 Å². The Morgan fingerprint density at radius 1 is 1.12 bits per heavy atom. The lowest BCUT2D eigenvalue weighted by Gasteiger charge is -2.46. The lowest BCUT2D eigenvalue weighted by Crippen LogP contribution is -2.42. The van der Waals surface area contributed by atoms with Crippen LogP contribution in [0.1, 0.15) is 41.0 Å². The van der Waals surface area contributed by atoms with Crippen LogP contribution in [0.4, 0.5) is 13.2 Å². The Morgan fingerprint density at radius 2 is 1.58 bits per heavy atom. The monoisotopic (exact) mass is 386 g/mol. The molecule has 0 aliphatic rings. The van der Waals surface area contributed by atoms with E-state index in [1.54, 1.807) is 13.8 Å². The lowest BCUT2D eigenvalue weighted by molar-refractivity contribution is -0.145. The van der Waals surface area contributed by atoms with Gasteiger partial charge in [0.1, 0.15) is 20.2 Å². The summed E-state index contributed by atoms with van der Waals surface area (Å²) in [5.74, 6) is -3.51. The maximum Gasteiger partial charge on any atom is 0.393 e. The molecule has 0 aliphatic carbocycles. The number of halogens is 3. The number of carbonyl (C=O) groups is 2. The van der Waals surface area contributed by atoms with Crippen LogP contribution in [0.15, 0.2) is 11.1 Å². The molecule has 0 bridgehead atoms. The minimum absolute atomic E-state index is 0.0553. The maximum absolute atomic E-state index is 12.8. The summed E-state index contributed by atoms with van der Waals surface area (Å²) in [5, 5.41) is 18.7. The van der Waals surface area contributed by atoms with Gasteiger partial charge in [-0.25, -0.2) is 9.59 Å². The van der Waals surface area contributed by atoms with E-state index in [-0.39, 0.29) is 5.54 Å². The Balaban J connectivity index is 6.42. The van der Waals surface area contributed by atoms with E-state index in [0.29, 0.717) is 10.5 Å². The first-order chi connectivity index (χ1) is 10.6. The smallest absolute Gasteiger partial charge is 0.393 e. The van der Waals surface area contributed by atoms with Gasteiger partial charge in [-0.15, -0.1) is 0 Å². The van der Waals surface area contributed by atoms with Crippen molar-refractivity contribution < 1.29 is 37.1 Å². The fourth-order valence-corrected chi connectivity index (χ4v) is 5.57. The lowest BCUT2D eigenvalue weighted by atomic mass is 9.61. The van der Waals surface area contributed by atoms with E-state index in [4.69, 9.17) is 4.12 Å². The molecular formula is C14H25F3O5Si2. The van der Waals surface area contributed by atoms with Gasteiger partial charge in [-0.2, -0.15) is 13.2 Å². The minimum Gasteiger partial charge on any atom is -0.478 e. The summed E-state index contributed by atoms with van der Waals surface area (Å²) in [7, 11) is -0.466. The van der Waals surface area contributed by atoms with Crippen molar-refractivity contribution in [2.75, 3.05) is 0 Å². The van der Waals surface area contributed by atoms with Crippen molar-refractivity contribution in [2.24, 2.45) is 10.8 Å². The van der Waals surface area contributed by atoms with Crippen LogP contribution in [-0.4, -0.2) is 48.6 Å². The minimum atomic E-state index is -4.81. The first-order valence-corrected chi connectivity index (χ1v) is 9.56. The molecule has 0 saturated carbocycles. The van der Waals surface area contributed by atoms with Crippen LogP contribution in [0.3, 0.4) is 0 Å². The normalized spacial score (nSPS) is 16.3. The van der Waals surface area contributed by atoms with Crippen LogP contribution in [0.5, 0.6) is 0 Å². The predicted octanol–water partition coefficient (Wildman–Crippen LogP) is 1.65. The van der Waals surface area contributed by atoms with Crippen LogP contribution in [-0.2, 0) is 13.7 Å². The standard InChI is InChI=1S/C14H25F3O5Si2/c1-7(24-22-23)12(2,3)13(4,5)9(11(20)21)8(10(18)19)6-14(15,16)17/h7H,6,24H2,1-5,23H3,(H,18,19)(H,20,21)/b9-8-. The molecule has 10 heteroatoms. The predicted molar refractivity (Wildman–Crippen MR) is 89.5 cm³/mol. The van der Waals surface area contributed by atoms with E-state index < -0.39 is 56.3 Å². The molecule has 0 aliphatic heterocycles. The van der Waals surface area contributed by atoms with E-state index in [1.165, 1.54) is 13.8 Å². The zero-order chi connectivity index (χ0) is 19.5. The van der Waals surface area contributed by atoms with Crippen molar-refractivity contribution >= 4 is 32.2 Å². The second-order valence-electron chi connectivity index (χ2n) is 6.96. The van der Waals surface area contributed by atoms with Gasteiger partial charge in [0.05, 0.1) is 17.6 Å². The summed E-state index contributed by atoms with van der Waals surface area (Å²) >= 11 is 0. The molecule has 0 fully saturated rings. The fourth-order valence-electron chi connectivity index (χ4n) is 2.64. The van der Waals surface area contributed by atoms with Gasteiger partial charge < -0.3 is 14.3 Å². The number of aliphatic carboxylic acids is 2. The highest BCUT2D eigenvalue weighted by atomic mass is 28.3. The first-order valence-electron chi connectivity index (χ1n) is 7.35. The van der Waals surface area contributed by atoms with Gasteiger partial charge in [0.15, 0.2) is 0 Å². The number of hydrogen-bond donors (Lipinski definition) is 2. The molecule has 0 aromatic carbocycles. The summed E-state index contributed by atoms with van der Waals surface area (Å²) in [6, 6.07) is 0. The van der Waals surface area contributed by atoms with Crippen molar-refractivity contribution in [3.05, 3.63) is 11.1 Å². The molecule has 0 saturated heterocycles. The highest BCUT2D eigenvalue weighted by Crippen LogP contribution is 2.52. The van der Waals surface area contributed by atoms with Gasteiger partial charge >= 0.3 is 18.1 Å². The van der Waals surface area contributed by atoms with E-state index in [9.17, 15) is 33.0 Å². The molecular weight excluding hydrogens is 361 g/mol. The van der Waals surface area contributed by atoms with E-state index in [0.717, 1.165) is 0 Å². The van der Waals surface area contributed by atoms with Crippen LogP contribution >= 0.6 is 0 Å². The Hall–Kier alpha value is -1.14. The van der Waals surface area contributed by atoms with E-state index >= 15 is 0 Å². The van der Waals surface area contributed by atoms with Crippen LogP contribution in [0, 0.1) is 10.8 Å². The highest BCUT2D eigenvalue weighted by molar-refractivity contribution is 6.36. The summed E-state index contributed by atoms with van der Waals surface area (Å²) in [4.78, 5) is 23.1. The van der Waals surface area contributed by atoms with Crippen LogP contribution in [0.25, 0.3) is 0 Å². The Morgan fingerprint density at radius 3 is 1.88 bits per heavy atom.